The Labute approximate surface area is 295 Å². The Bertz CT molecular complexity index is 1330. The summed E-state index contributed by atoms with van der Waals surface area (Å²) in [6, 6.07) is 29.2. The van der Waals surface area contributed by atoms with Gasteiger partial charge in [0.15, 0.2) is 0 Å². The van der Waals surface area contributed by atoms with Crippen LogP contribution in [0.4, 0.5) is 0 Å². The molecule has 45 heavy (non-hydrogen) atoms. The van der Waals surface area contributed by atoms with Gasteiger partial charge in [0.25, 0.3) is 0 Å². The molecule has 0 saturated heterocycles. The van der Waals surface area contributed by atoms with Gasteiger partial charge < -0.3 is 35.5 Å². The number of benzene rings is 4. The number of rotatable bonds is 2. The van der Waals surface area contributed by atoms with E-state index in [0.717, 1.165) is 32.0 Å². The third-order valence-corrected chi connectivity index (χ3v) is 11.3. The fourth-order valence-corrected chi connectivity index (χ4v) is 8.19. The fourth-order valence-electron chi connectivity index (χ4n) is 4.71. The second-order valence-corrected chi connectivity index (χ2v) is 20.5. The molecule has 0 aliphatic carbocycles. The molecule has 5 heteroatoms. The van der Waals surface area contributed by atoms with Crippen molar-refractivity contribution in [1.82, 2.24) is 0 Å². The van der Waals surface area contributed by atoms with Crippen LogP contribution in [0.15, 0.2) is 94.7 Å². The molecule has 0 amide bonds. The van der Waals surface area contributed by atoms with Crippen molar-refractivity contribution in [3.05, 3.63) is 107 Å². The molecule has 0 spiro atoms. The molecule has 0 aliphatic rings. The zero-order valence-corrected chi connectivity index (χ0v) is 33.8. The van der Waals surface area contributed by atoms with E-state index in [-0.39, 0.29) is 21.7 Å². The molecule has 0 aliphatic heterocycles. The van der Waals surface area contributed by atoms with Gasteiger partial charge >= 0.3 is 89.0 Å². The number of phenolic OH excluding ortho intramolecular Hbond substituents is 2. The molecule has 0 atom stereocenters. The fraction of sp³-hybridized carbons (Fsp3) is 0.400. The third-order valence-electron chi connectivity index (χ3n) is 7.24. The first kappa shape index (κ1) is 38.9. The molecule has 2 N–H and O–H groups in total. The molecule has 2 nitrogen and oxygen atoms in total. The number of hydrogen-bond acceptors (Lipinski definition) is 4. The van der Waals surface area contributed by atoms with Gasteiger partial charge in [0.2, 0.25) is 0 Å². The summed E-state index contributed by atoms with van der Waals surface area (Å²) < 4.78 is 3.08. The summed E-state index contributed by atoms with van der Waals surface area (Å²) in [7, 11) is 0. The predicted octanol–water partition coefficient (Wildman–Crippen LogP) is 9.13. The van der Waals surface area contributed by atoms with E-state index in [4.69, 9.17) is 25.3 Å². The minimum absolute atomic E-state index is 0.0844. The van der Waals surface area contributed by atoms with E-state index in [1.807, 2.05) is 24.3 Å². The Morgan fingerprint density at radius 2 is 0.644 bits per heavy atom. The van der Waals surface area contributed by atoms with Crippen molar-refractivity contribution in [2.45, 2.75) is 115 Å². The Morgan fingerprint density at radius 1 is 0.422 bits per heavy atom. The second kappa shape index (κ2) is 15.5. The Kier molecular flexibility index (Phi) is 13.4. The first-order valence-electron chi connectivity index (χ1n) is 15.5. The SMILES string of the molecule is CC(C)(C)c1cc([S-])cc(C(C)(C)C)c1O.CC(C)(C)c1cc([S-])cc(C(C)(C)C)c1O.c1cc[c]([Sn+2][c]2ccccc2)cc1. The van der Waals surface area contributed by atoms with Crippen LogP contribution < -0.4 is 7.16 Å². The van der Waals surface area contributed by atoms with Crippen LogP contribution in [-0.2, 0) is 46.9 Å². The van der Waals surface area contributed by atoms with E-state index in [0.29, 0.717) is 11.5 Å². The van der Waals surface area contributed by atoms with Crippen molar-refractivity contribution >= 4 is 53.6 Å². The second-order valence-electron chi connectivity index (χ2n) is 15.6. The molecule has 0 unspecified atom stereocenters. The Morgan fingerprint density at radius 3 is 0.844 bits per heavy atom. The quantitative estimate of drug-likeness (QED) is 0.159. The summed E-state index contributed by atoms with van der Waals surface area (Å²) >= 11 is 10.0. The minimum atomic E-state index is -0.517. The van der Waals surface area contributed by atoms with E-state index < -0.39 is 21.1 Å². The van der Waals surface area contributed by atoms with E-state index in [2.05, 4.69) is 144 Å². The summed E-state index contributed by atoms with van der Waals surface area (Å²) in [5.41, 5.74) is 3.40. The predicted molar refractivity (Wildman–Crippen MR) is 200 cm³/mol. The maximum atomic E-state index is 10.3. The van der Waals surface area contributed by atoms with Crippen LogP contribution in [0.2, 0.25) is 0 Å². The topological polar surface area (TPSA) is 40.5 Å². The summed E-state index contributed by atoms with van der Waals surface area (Å²) in [6.45, 7) is 25.0. The monoisotopic (exact) mass is 748 g/mol. The standard InChI is InChI=1S/2C14H22OS.2C6H5.Sn/c2*1-13(2,3)10-7-9(16)8-11(12(10)15)14(4,5)6;2*1-2-4-6-5-3-1;/h2*7-8,15-16H,1-6H3;2*1-5H;/q;;;;+2/p-2. The van der Waals surface area contributed by atoms with Crippen molar-refractivity contribution in [1.29, 1.82) is 0 Å². The molecule has 0 bridgehead atoms. The third kappa shape index (κ3) is 12.1. The molecule has 240 valence electrons. The van der Waals surface area contributed by atoms with Gasteiger partial charge in [-0.1, -0.05) is 107 Å². The zero-order valence-electron chi connectivity index (χ0n) is 29.3. The number of hydrogen-bond donors (Lipinski definition) is 2. The van der Waals surface area contributed by atoms with Crippen molar-refractivity contribution in [3.63, 3.8) is 0 Å². The van der Waals surface area contributed by atoms with Gasteiger partial charge in [-0.2, -0.15) is 9.79 Å². The van der Waals surface area contributed by atoms with Crippen LogP contribution in [0.3, 0.4) is 0 Å². The molecule has 0 fully saturated rings. The van der Waals surface area contributed by atoms with Gasteiger partial charge in [0.05, 0.1) is 0 Å². The number of phenols is 2. The summed E-state index contributed by atoms with van der Waals surface area (Å²) in [4.78, 5) is 1.60. The summed E-state index contributed by atoms with van der Waals surface area (Å²) in [6.07, 6.45) is 0. The molecular formula is C40H52O2S2Sn. The Balaban J connectivity index is 0.000000236. The van der Waals surface area contributed by atoms with E-state index in [1.54, 1.807) is 0 Å². The van der Waals surface area contributed by atoms with Gasteiger partial charge in [-0.25, -0.2) is 0 Å². The van der Waals surface area contributed by atoms with E-state index >= 15 is 0 Å². The molecule has 0 heterocycles. The average molecular weight is 748 g/mol. The van der Waals surface area contributed by atoms with Crippen LogP contribution in [-0.4, -0.2) is 31.4 Å². The van der Waals surface area contributed by atoms with Gasteiger partial charge in [0, 0.05) is 0 Å². The average Bonchev–Trinajstić information content (AvgIpc) is 2.90. The summed E-state index contributed by atoms with van der Waals surface area (Å²) in [5.74, 6) is 0.794. The van der Waals surface area contributed by atoms with Crippen LogP contribution in [0.5, 0.6) is 11.5 Å². The van der Waals surface area contributed by atoms with Gasteiger partial charge in [-0.05, 0) is 43.9 Å². The van der Waals surface area contributed by atoms with Crippen LogP contribution in [0.25, 0.3) is 0 Å². The van der Waals surface area contributed by atoms with Crippen molar-refractivity contribution in [2.24, 2.45) is 0 Å². The Hall–Kier alpha value is -2.28. The molecule has 0 saturated carbocycles. The molecule has 4 aromatic carbocycles. The zero-order chi connectivity index (χ0) is 34.4. The van der Waals surface area contributed by atoms with E-state index in [1.165, 1.54) is 7.16 Å². The molecule has 0 radical (unpaired) electrons. The first-order chi connectivity index (χ1) is 20.5. The molecule has 4 aromatic rings. The van der Waals surface area contributed by atoms with E-state index in [9.17, 15) is 10.2 Å². The van der Waals surface area contributed by atoms with Crippen LogP contribution in [0.1, 0.15) is 105 Å². The molecular weight excluding hydrogens is 695 g/mol. The normalized spacial score (nSPS) is 11.8. The maximum absolute atomic E-state index is 10.3. The van der Waals surface area contributed by atoms with Crippen molar-refractivity contribution < 1.29 is 10.2 Å². The number of aromatic hydroxyl groups is 2. The first-order valence-corrected chi connectivity index (χ1v) is 19.2. The van der Waals surface area contributed by atoms with Gasteiger partial charge in [0.1, 0.15) is 11.5 Å². The van der Waals surface area contributed by atoms with Crippen molar-refractivity contribution in [3.8, 4) is 11.5 Å². The van der Waals surface area contributed by atoms with Crippen LogP contribution in [0, 0.1) is 0 Å². The van der Waals surface area contributed by atoms with Crippen LogP contribution >= 0.6 is 0 Å². The van der Waals surface area contributed by atoms with Crippen molar-refractivity contribution in [2.75, 3.05) is 0 Å². The molecule has 4 rings (SSSR count). The molecule has 0 aromatic heterocycles. The van der Waals surface area contributed by atoms with Gasteiger partial charge in [-0.15, -0.1) is 0 Å². The van der Waals surface area contributed by atoms with Gasteiger partial charge in [-0.3, -0.25) is 0 Å². The summed E-state index contributed by atoms with van der Waals surface area (Å²) in [5, 5.41) is 20.7.